The Morgan fingerprint density at radius 1 is 1.00 bits per heavy atom. The van der Waals surface area contributed by atoms with E-state index < -0.39 is 12.6 Å². The van der Waals surface area contributed by atoms with Crippen LogP contribution in [0, 0.1) is 0 Å². The van der Waals surface area contributed by atoms with Gasteiger partial charge in [-0.25, -0.2) is 4.79 Å². The van der Waals surface area contributed by atoms with E-state index in [9.17, 15) is 0 Å². The van der Waals surface area contributed by atoms with E-state index in [1.807, 2.05) is 0 Å². The predicted molar refractivity (Wildman–Crippen MR) is 55.3 cm³/mol. The molecule has 0 rings (SSSR count). The van der Waals surface area contributed by atoms with Crippen molar-refractivity contribution < 1.29 is 34.3 Å². The summed E-state index contributed by atoms with van der Waals surface area (Å²) >= 11 is 0. The molecule has 3 N–H and O–H groups in total. The van der Waals surface area contributed by atoms with Crippen molar-refractivity contribution in [2.75, 3.05) is 53.4 Å². The summed E-state index contributed by atoms with van der Waals surface area (Å²) in [4.78, 5) is 9.12. The van der Waals surface area contributed by atoms with Gasteiger partial charge in [0.15, 0.2) is 0 Å². The monoisotopic (exact) mass is 240 g/mol. The molecular weight excluding hydrogens is 220 g/mol. The van der Waals surface area contributed by atoms with Crippen molar-refractivity contribution in [1.82, 2.24) is 0 Å². The van der Waals surface area contributed by atoms with Crippen LogP contribution in [0.3, 0.4) is 0 Å². The van der Waals surface area contributed by atoms with Crippen LogP contribution in [0.5, 0.6) is 0 Å². The van der Waals surface area contributed by atoms with Crippen molar-refractivity contribution in [3.63, 3.8) is 0 Å². The number of hydrogen-bond acceptors (Lipinski definition) is 6. The number of ether oxygens (including phenoxy) is 3. The molecule has 0 unspecified atom stereocenters. The van der Waals surface area contributed by atoms with Gasteiger partial charge < -0.3 is 29.5 Å². The summed E-state index contributed by atoms with van der Waals surface area (Å²) < 4.78 is 14.8. The molecule has 7 nitrogen and oxygen atoms in total. The van der Waals surface area contributed by atoms with E-state index in [-0.39, 0.29) is 6.61 Å². The van der Waals surface area contributed by atoms with Crippen LogP contribution in [0.1, 0.15) is 0 Å². The number of aliphatic hydroxyl groups is 2. The standard InChI is InChI=1S/C7H16O4.C2H4O3/c1-9-4-5-11-7-6-10-3-2-8;3-1-2(4)5/h8H,2-7H2,1H3;3H,1H2,(H,4,5). The molecule has 0 heterocycles. The van der Waals surface area contributed by atoms with E-state index in [4.69, 9.17) is 34.3 Å². The van der Waals surface area contributed by atoms with Gasteiger partial charge in [-0.05, 0) is 0 Å². The van der Waals surface area contributed by atoms with Gasteiger partial charge in [0.2, 0.25) is 0 Å². The highest BCUT2D eigenvalue weighted by Gasteiger charge is 1.87. The Morgan fingerprint density at radius 3 is 1.81 bits per heavy atom. The number of methoxy groups -OCH3 is 1. The Balaban J connectivity index is 0. The summed E-state index contributed by atoms with van der Waals surface area (Å²) in [5.74, 6) is -1.19. The zero-order chi connectivity index (χ0) is 12.6. The highest BCUT2D eigenvalue weighted by atomic mass is 16.5. The molecule has 0 saturated carbocycles. The SMILES string of the molecule is COCCOCCOCCO.O=C(O)CO. The van der Waals surface area contributed by atoms with Crippen LogP contribution in [0.2, 0.25) is 0 Å². The first-order valence-electron chi connectivity index (χ1n) is 4.77. The van der Waals surface area contributed by atoms with Gasteiger partial charge in [-0.2, -0.15) is 0 Å². The molecule has 0 spiro atoms. The van der Waals surface area contributed by atoms with E-state index in [0.29, 0.717) is 33.0 Å². The highest BCUT2D eigenvalue weighted by Crippen LogP contribution is 1.78. The fourth-order valence-electron chi connectivity index (χ4n) is 0.529. The molecule has 7 heteroatoms. The lowest BCUT2D eigenvalue weighted by molar-refractivity contribution is -0.140. The average molecular weight is 240 g/mol. The molecule has 0 atom stereocenters. The largest absolute Gasteiger partial charge is 0.480 e. The second-order valence-corrected chi connectivity index (χ2v) is 2.49. The maximum atomic E-state index is 9.12. The van der Waals surface area contributed by atoms with Gasteiger partial charge in [0.05, 0.1) is 39.6 Å². The van der Waals surface area contributed by atoms with Gasteiger partial charge in [0.1, 0.15) is 6.61 Å². The lowest BCUT2D eigenvalue weighted by Gasteiger charge is -2.03. The van der Waals surface area contributed by atoms with Gasteiger partial charge in [0.25, 0.3) is 0 Å². The smallest absolute Gasteiger partial charge is 0.329 e. The Labute approximate surface area is 94.5 Å². The van der Waals surface area contributed by atoms with Gasteiger partial charge in [-0.3, -0.25) is 0 Å². The number of carbonyl (C=O) groups is 1. The molecule has 16 heavy (non-hydrogen) atoms. The first kappa shape index (κ1) is 17.7. The van der Waals surface area contributed by atoms with Gasteiger partial charge in [-0.1, -0.05) is 0 Å². The lowest BCUT2D eigenvalue weighted by atomic mass is 10.7. The van der Waals surface area contributed by atoms with Crippen LogP contribution in [-0.2, 0) is 19.0 Å². The van der Waals surface area contributed by atoms with Gasteiger partial charge >= 0.3 is 5.97 Å². The zero-order valence-corrected chi connectivity index (χ0v) is 9.42. The number of hydrogen-bond donors (Lipinski definition) is 3. The molecule has 0 aromatic carbocycles. The number of aliphatic carboxylic acids is 1. The summed E-state index contributed by atoms with van der Waals surface area (Å²) in [5, 5.41) is 23.3. The van der Waals surface area contributed by atoms with Gasteiger partial charge in [0, 0.05) is 7.11 Å². The molecule has 0 aliphatic carbocycles. The minimum absolute atomic E-state index is 0.0675. The van der Waals surface area contributed by atoms with Crippen molar-refractivity contribution >= 4 is 5.97 Å². The van der Waals surface area contributed by atoms with Crippen LogP contribution in [-0.4, -0.2) is 74.6 Å². The molecular formula is C9H20O7. The minimum Gasteiger partial charge on any atom is -0.480 e. The van der Waals surface area contributed by atoms with Crippen LogP contribution in [0.4, 0.5) is 0 Å². The molecule has 0 aliphatic heterocycles. The average Bonchev–Trinajstić information content (AvgIpc) is 2.29. The number of aliphatic hydroxyl groups excluding tert-OH is 2. The molecule has 0 aromatic heterocycles. The van der Waals surface area contributed by atoms with E-state index in [0.717, 1.165) is 0 Å². The fourth-order valence-corrected chi connectivity index (χ4v) is 0.529. The Bertz CT molecular complexity index is 132. The third-order valence-corrected chi connectivity index (χ3v) is 1.17. The first-order chi connectivity index (χ1) is 7.68. The third kappa shape index (κ3) is 23.2. The molecule has 0 radical (unpaired) electrons. The van der Waals surface area contributed by atoms with Crippen molar-refractivity contribution in [3.05, 3.63) is 0 Å². The molecule has 0 aromatic rings. The van der Waals surface area contributed by atoms with Crippen molar-refractivity contribution in [1.29, 1.82) is 0 Å². The van der Waals surface area contributed by atoms with Gasteiger partial charge in [-0.15, -0.1) is 0 Å². The summed E-state index contributed by atoms with van der Waals surface area (Å²) in [7, 11) is 1.63. The minimum atomic E-state index is -1.19. The summed E-state index contributed by atoms with van der Waals surface area (Å²) in [6.07, 6.45) is 0. The van der Waals surface area contributed by atoms with Crippen molar-refractivity contribution in [2.24, 2.45) is 0 Å². The van der Waals surface area contributed by atoms with Crippen LogP contribution in [0.25, 0.3) is 0 Å². The number of carboxylic acids is 1. The predicted octanol–water partition coefficient (Wildman–Crippen LogP) is -1.28. The summed E-state index contributed by atoms with van der Waals surface area (Å²) in [6.45, 7) is 1.97. The second-order valence-electron chi connectivity index (χ2n) is 2.49. The topological polar surface area (TPSA) is 105 Å². The quantitative estimate of drug-likeness (QED) is 0.431. The summed E-state index contributed by atoms with van der Waals surface area (Å²) in [6, 6.07) is 0. The lowest BCUT2D eigenvalue weighted by Crippen LogP contribution is -2.09. The maximum absolute atomic E-state index is 9.12. The summed E-state index contributed by atoms with van der Waals surface area (Å²) in [5.41, 5.74) is 0. The second kappa shape index (κ2) is 16.7. The normalized spacial score (nSPS) is 9.44. The molecule has 0 amide bonds. The van der Waals surface area contributed by atoms with E-state index in [1.54, 1.807) is 7.11 Å². The first-order valence-corrected chi connectivity index (χ1v) is 4.77. The molecule has 0 fully saturated rings. The number of carboxylic acid groups (broad SMARTS) is 1. The molecule has 0 saturated heterocycles. The van der Waals surface area contributed by atoms with E-state index in [1.165, 1.54) is 0 Å². The Hall–Kier alpha value is -0.730. The Kier molecular flexibility index (Phi) is 18.4. The Morgan fingerprint density at radius 2 is 1.44 bits per heavy atom. The van der Waals surface area contributed by atoms with Crippen molar-refractivity contribution in [3.8, 4) is 0 Å². The maximum Gasteiger partial charge on any atom is 0.329 e. The van der Waals surface area contributed by atoms with Crippen molar-refractivity contribution in [2.45, 2.75) is 0 Å². The highest BCUT2D eigenvalue weighted by molar-refractivity contribution is 5.67. The van der Waals surface area contributed by atoms with Crippen LogP contribution in [0.15, 0.2) is 0 Å². The van der Waals surface area contributed by atoms with Crippen LogP contribution < -0.4 is 0 Å². The fraction of sp³-hybridized carbons (Fsp3) is 0.889. The molecule has 0 aliphatic rings. The van der Waals surface area contributed by atoms with E-state index in [2.05, 4.69) is 0 Å². The van der Waals surface area contributed by atoms with E-state index >= 15 is 0 Å². The zero-order valence-electron chi connectivity index (χ0n) is 9.42. The third-order valence-electron chi connectivity index (χ3n) is 1.17. The number of rotatable bonds is 9. The molecule has 98 valence electrons. The molecule has 0 bridgehead atoms. The van der Waals surface area contributed by atoms with Crippen LogP contribution >= 0.6 is 0 Å².